The van der Waals surface area contributed by atoms with Crippen molar-refractivity contribution >= 4 is 22.8 Å². The second kappa shape index (κ2) is 6.15. The number of hydrogen-bond acceptors (Lipinski definition) is 4. The Morgan fingerprint density at radius 1 is 1.04 bits per heavy atom. The molecule has 1 unspecified atom stereocenters. The van der Waals surface area contributed by atoms with E-state index in [0.29, 0.717) is 17.4 Å². The number of amides is 2. The van der Waals surface area contributed by atoms with Crippen molar-refractivity contribution in [2.75, 3.05) is 0 Å². The number of benzene rings is 2. The molecule has 0 aliphatic carbocycles. The van der Waals surface area contributed by atoms with Crippen LogP contribution in [0.15, 0.2) is 63.8 Å². The van der Waals surface area contributed by atoms with Crippen molar-refractivity contribution in [2.45, 2.75) is 19.0 Å². The third-order valence-corrected chi connectivity index (χ3v) is 4.71. The minimum absolute atomic E-state index is 0.102. The van der Waals surface area contributed by atoms with Crippen LogP contribution in [0.5, 0.6) is 0 Å². The first-order valence-corrected chi connectivity index (χ1v) is 8.24. The van der Waals surface area contributed by atoms with E-state index >= 15 is 0 Å². The summed E-state index contributed by atoms with van der Waals surface area (Å²) in [6.07, 6.45) is 0.330. The average Bonchev–Trinajstić information content (AvgIpc) is 2.65. The Balaban J connectivity index is 1.78. The Morgan fingerprint density at radius 2 is 1.73 bits per heavy atom. The van der Waals surface area contributed by atoms with Crippen LogP contribution < -0.4 is 11.4 Å². The fourth-order valence-corrected chi connectivity index (χ4v) is 3.36. The van der Waals surface area contributed by atoms with E-state index in [2.05, 4.69) is 0 Å². The van der Waals surface area contributed by atoms with E-state index in [1.807, 2.05) is 24.3 Å². The number of para-hydroxylation sites is 1. The Labute approximate surface area is 148 Å². The zero-order valence-electron chi connectivity index (χ0n) is 13.8. The van der Waals surface area contributed by atoms with E-state index in [9.17, 15) is 14.4 Å². The molecule has 1 aromatic heterocycles. The SMILES string of the molecule is NC(=O)C1Cc2ccccc2CN1C(=O)c1cc2ccccc2oc1=O. The van der Waals surface area contributed by atoms with Crippen LogP contribution in [0, 0.1) is 0 Å². The van der Waals surface area contributed by atoms with Gasteiger partial charge in [-0.1, -0.05) is 42.5 Å². The van der Waals surface area contributed by atoms with Crippen LogP contribution in [0.1, 0.15) is 21.5 Å². The van der Waals surface area contributed by atoms with E-state index in [1.165, 1.54) is 11.0 Å². The monoisotopic (exact) mass is 348 g/mol. The fraction of sp³-hybridized carbons (Fsp3) is 0.150. The maximum absolute atomic E-state index is 13.0. The van der Waals surface area contributed by atoms with Crippen LogP contribution in [-0.2, 0) is 17.8 Å². The predicted molar refractivity (Wildman–Crippen MR) is 95.5 cm³/mol. The number of primary amides is 1. The van der Waals surface area contributed by atoms with Crippen molar-refractivity contribution in [2.24, 2.45) is 5.73 Å². The number of carbonyl (C=O) groups is 2. The van der Waals surface area contributed by atoms with E-state index in [4.69, 9.17) is 10.2 Å². The lowest BCUT2D eigenvalue weighted by Crippen LogP contribution is -2.51. The minimum atomic E-state index is -0.803. The van der Waals surface area contributed by atoms with Crippen molar-refractivity contribution in [3.63, 3.8) is 0 Å². The molecule has 2 heterocycles. The van der Waals surface area contributed by atoms with E-state index in [1.54, 1.807) is 24.3 Å². The molecule has 2 aromatic carbocycles. The lowest BCUT2D eigenvalue weighted by atomic mass is 9.93. The highest BCUT2D eigenvalue weighted by molar-refractivity contribution is 5.99. The highest BCUT2D eigenvalue weighted by Gasteiger charge is 2.35. The molecular weight excluding hydrogens is 332 g/mol. The topological polar surface area (TPSA) is 93.6 Å². The third-order valence-electron chi connectivity index (χ3n) is 4.71. The maximum Gasteiger partial charge on any atom is 0.349 e. The highest BCUT2D eigenvalue weighted by atomic mass is 16.4. The van der Waals surface area contributed by atoms with Gasteiger partial charge in [-0.15, -0.1) is 0 Å². The summed E-state index contributed by atoms with van der Waals surface area (Å²) in [5.74, 6) is -1.15. The van der Waals surface area contributed by atoms with Gasteiger partial charge in [0.2, 0.25) is 5.91 Å². The van der Waals surface area contributed by atoms with Crippen molar-refractivity contribution in [3.05, 3.63) is 81.7 Å². The number of fused-ring (bicyclic) bond motifs is 2. The summed E-state index contributed by atoms with van der Waals surface area (Å²) in [5.41, 5.74) is 7.01. The Hall–Kier alpha value is -3.41. The molecule has 0 saturated heterocycles. The average molecular weight is 348 g/mol. The highest BCUT2D eigenvalue weighted by Crippen LogP contribution is 2.25. The summed E-state index contributed by atoms with van der Waals surface area (Å²) in [6.45, 7) is 0.217. The van der Waals surface area contributed by atoms with Crippen LogP contribution in [0.4, 0.5) is 0 Å². The standard InChI is InChI=1S/C20H16N2O4/c21-18(23)16-10-12-5-1-2-7-14(12)11-22(16)19(24)15-9-13-6-3-4-8-17(13)26-20(15)25/h1-9,16H,10-11H2,(H2,21,23). The van der Waals surface area contributed by atoms with Crippen LogP contribution >= 0.6 is 0 Å². The molecule has 1 atom stereocenters. The first-order valence-electron chi connectivity index (χ1n) is 8.24. The van der Waals surface area contributed by atoms with Gasteiger partial charge in [-0.05, 0) is 23.3 Å². The van der Waals surface area contributed by atoms with Gasteiger partial charge in [-0.3, -0.25) is 9.59 Å². The van der Waals surface area contributed by atoms with Gasteiger partial charge in [0, 0.05) is 18.4 Å². The largest absolute Gasteiger partial charge is 0.422 e. The van der Waals surface area contributed by atoms with Gasteiger partial charge in [-0.2, -0.15) is 0 Å². The van der Waals surface area contributed by atoms with Crippen LogP contribution in [0.25, 0.3) is 11.0 Å². The number of hydrogen-bond donors (Lipinski definition) is 1. The molecule has 4 rings (SSSR count). The van der Waals surface area contributed by atoms with E-state index < -0.39 is 23.5 Å². The minimum Gasteiger partial charge on any atom is -0.422 e. The molecule has 26 heavy (non-hydrogen) atoms. The van der Waals surface area contributed by atoms with Gasteiger partial charge in [0.1, 0.15) is 17.2 Å². The number of carbonyl (C=O) groups excluding carboxylic acids is 2. The normalized spacial score (nSPS) is 16.3. The molecule has 130 valence electrons. The summed E-state index contributed by atoms with van der Waals surface area (Å²) < 4.78 is 5.25. The van der Waals surface area contributed by atoms with Gasteiger partial charge < -0.3 is 15.1 Å². The molecule has 6 heteroatoms. The molecule has 0 radical (unpaired) electrons. The first kappa shape index (κ1) is 16.1. The van der Waals surface area contributed by atoms with Gasteiger partial charge >= 0.3 is 5.63 Å². The summed E-state index contributed by atoms with van der Waals surface area (Å²) in [7, 11) is 0. The molecule has 2 N–H and O–H groups in total. The first-order chi connectivity index (χ1) is 12.5. The molecule has 1 aliphatic heterocycles. The number of nitrogens with two attached hydrogens (primary N) is 1. The maximum atomic E-state index is 13.0. The second-order valence-electron chi connectivity index (χ2n) is 6.31. The Morgan fingerprint density at radius 3 is 2.50 bits per heavy atom. The summed E-state index contributed by atoms with van der Waals surface area (Å²) in [4.78, 5) is 38.6. The summed E-state index contributed by atoms with van der Waals surface area (Å²) >= 11 is 0. The van der Waals surface area contributed by atoms with Crippen molar-refractivity contribution in [3.8, 4) is 0 Å². The van der Waals surface area contributed by atoms with Gasteiger partial charge in [-0.25, -0.2) is 4.79 Å². The quantitative estimate of drug-likeness (QED) is 0.715. The second-order valence-corrected chi connectivity index (χ2v) is 6.31. The lowest BCUT2D eigenvalue weighted by molar-refractivity contribution is -0.122. The number of rotatable bonds is 2. The van der Waals surface area contributed by atoms with Crippen molar-refractivity contribution in [1.29, 1.82) is 0 Å². The zero-order valence-corrected chi connectivity index (χ0v) is 13.8. The van der Waals surface area contributed by atoms with Crippen LogP contribution in [0.2, 0.25) is 0 Å². The molecular formula is C20H16N2O4. The molecule has 1 aliphatic rings. The smallest absolute Gasteiger partial charge is 0.349 e. The van der Waals surface area contributed by atoms with Gasteiger partial charge in [0.05, 0.1) is 0 Å². The van der Waals surface area contributed by atoms with Crippen molar-refractivity contribution < 1.29 is 14.0 Å². The number of nitrogens with zero attached hydrogens (tertiary/aromatic N) is 1. The molecule has 0 saturated carbocycles. The van der Waals surface area contributed by atoms with E-state index in [0.717, 1.165) is 11.1 Å². The van der Waals surface area contributed by atoms with Gasteiger partial charge in [0.25, 0.3) is 5.91 Å². The Kier molecular flexibility index (Phi) is 3.80. The van der Waals surface area contributed by atoms with Gasteiger partial charge in [0.15, 0.2) is 0 Å². The van der Waals surface area contributed by atoms with E-state index in [-0.39, 0.29) is 12.1 Å². The summed E-state index contributed by atoms with van der Waals surface area (Å²) in [5, 5.41) is 0.642. The fourth-order valence-electron chi connectivity index (χ4n) is 3.36. The summed E-state index contributed by atoms with van der Waals surface area (Å²) in [6, 6.07) is 15.2. The zero-order chi connectivity index (χ0) is 18.3. The molecule has 0 bridgehead atoms. The molecule has 3 aromatic rings. The van der Waals surface area contributed by atoms with Crippen LogP contribution in [0.3, 0.4) is 0 Å². The Bertz CT molecular complexity index is 1090. The molecule has 0 fully saturated rings. The molecule has 0 spiro atoms. The third kappa shape index (κ3) is 2.65. The predicted octanol–water partition coefficient (Wildman–Crippen LogP) is 1.85. The van der Waals surface area contributed by atoms with Crippen molar-refractivity contribution in [1.82, 2.24) is 4.90 Å². The lowest BCUT2D eigenvalue weighted by Gasteiger charge is -2.34. The van der Waals surface area contributed by atoms with Crippen LogP contribution in [-0.4, -0.2) is 22.8 Å². The molecule has 2 amide bonds. The molecule has 6 nitrogen and oxygen atoms in total.